The Bertz CT molecular complexity index is 1150. The van der Waals surface area contributed by atoms with Gasteiger partial charge in [-0.1, -0.05) is 51.3 Å². The van der Waals surface area contributed by atoms with Crippen LogP contribution in [-0.4, -0.2) is 41.2 Å². The molecule has 1 atom stereocenters. The third-order valence-corrected chi connectivity index (χ3v) is 7.18. The lowest BCUT2D eigenvalue weighted by Crippen LogP contribution is -2.38. The molecular weight excluding hydrogens is 422 g/mol. The number of likely N-dealkylation sites (tertiary alicyclic amines) is 1. The summed E-state index contributed by atoms with van der Waals surface area (Å²) < 4.78 is 7.57. The number of ether oxygens (including phenoxy) is 1. The fourth-order valence-corrected chi connectivity index (χ4v) is 5.23. The highest BCUT2D eigenvalue weighted by molar-refractivity contribution is 5.81. The third kappa shape index (κ3) is 5.52. The summed E-state index contributed by atoms with van der Waals surface area (Å²) in [7, 11) is 1.67. The second-order valence-corrected chi connectivity index (χ2v) is 9.62. The zero-order chi connectivity index (χ0) is 23.9. The molecule has 3 aromatic rings. The van der Waals surface area contributed by atoms with Crippen LogP contribution in [0.1, 0.15) is 57.9 Å². The molecule has 2 aromatic carbocycles. The van der Waals surface area contributed by atoms with Crippen molar-refractivity contribution in [3.05, 3.63) is 58.4 Å². The molecule has 34 heavy (non-hydrogen) atoms. The van der Waals surface area contributed by atoms with Crippen LogP contribution in [0.15, 0.2) is 47.3 Å². The molecular formula is C29H39N3O2. The van der Waals surface area contributed by atoms with E-state index in [1.165, 1.54) is 31.2 Å². The van der Waals surface area contributed by atoms with Crippen LogP contribution < -0.4 is 10.3 Å². The van der Waals surface area contributed by atoms with Gasteiger partial charge in [0.15, 0.2) is 0 Å². The van der Waals surface area contributed by atoms with Crippen molar-refractivity contribution in [1.82, 2.24) is 14.5 Å². The zero-order valence-electron chi connectivity index (χ0n) is 21.1. The van der Waals surface area contributed by atoms with Crippen molar-refractivity contribution in [2.45, 2.75) is 65.3 Å². The predicted octanol–water partition coefficient (Wildman–Crippen LogP) is 5.93. The van der Waals surface area contributed by atoms with E-state index in [-0.39, 0.29) is 5.56 Å². The molecule has 0 amide bonds. The van der Waals surface area contributed by atoms with Crippen LogP contribution in [0.4, 0.5) is 0 Å². The summed E-state index contributed by atoms with van der Waals surface area (Å²) in [5.41, 5.74) is 2.93. The van der Waals surface area contributed by atoms with E-state index in [4.69, 9.17) is 9.72 Å². The van der Waals surface area contributed by atoms with E-state index in [0.717, 1.165) is 61.1 Å². The molecule has 5 nitrogen and oxygen atoms in total. The van der Waals surface area contributed by atoms with Crippen LogP contribution in [0.2, 0.25) is 0 Å². The van der Waals surface area contributed by atoms with Gasteiger partial charge < -0.3 is 9.64 Å². The molecule has 1 fully saturated rings. The maximum atomic E-state index is 13.9. The minimum Gasteiger partial charge on any atom is -0.496 e. The van der Waals surface area contributed by atoms with Gasteiger partial charge in [0.25, 0.3) is 5.56 Å². The fourth-order valence-electron chi connectivity index (χ4n) is 5.23. The molecule has 1 aliphatic rings. The lowest BCUT2D eigenvalue weighted by atomic mass is 9.97. The third-order valence-electron chi connectivity index (χ3n) is 7.18. The molecule has 4 rings (SSSR count). The SMILES string of the molecule is CCCCCCc1ccc2nc(-c3ccccc3OC)n(CC3CCCN(CC)C3)c(=O)c2c1. The van der Waals surface area contributed by atoms with E-state index in [9.17, 15) is 4.79 Å². The molecule has 0 N–H and O–H groups in total. The number of para-hydroxylation sites is 1. The summed E-state index contributed by atoms with van der Waals surface area (Å²) >= 11 is 0. The number of aromatic nitrogens is 2. The van der Waals surface area contributed by atoms with Gasteiger partial charge in [-0.25, -0.2) is 4.98 Å². The van der Waals surface area contributed by atoms with Crippen molar-refractivity contribution >= 4 is 10.9 Å². The first-order chi connectivity index (χ1) is 16.6. The van der Waals surface area contributed by atoms with E-state index >= 15 is 0 Å². The number of piperidine rings is 1. The number of hydrogen-bond acceptors (Lipinski definition) is 4. The van der Waals surface area contributed by atoms with E-state index in [1.807, 2.05) is 34.9 Å². The molecule has 0 radical (unpaired) electrons. The molecule has 1 saturated heterocycles. The molecule has 0 aliphatic carbocycles. The van der Waals surface area contributed by atoms with Gasteiger partial charge in [0, 0.05) is 13.1 Å². The van der Waals surface area contributed by atoms with E-state index in [2.05, 4.69) is 30.9 Å². The van der Waals surface area contributed by atoms with Crippen LogP contribution in [0.25, 0.3) is 22.3 Å². The smallest absolute Gasteiger partial charge is 0.261 e. The van der Waals surface area contributed by atoms with E-state index in [0.29, 0.717) is 18.3 Å². The van der Waals surface area contributed by atoms with Crippen molar-refractivity contribution in [2.24, 2.45) is 5.92 Å². The molecule has 1 aromatic heterocycles. The Balaban J connectivity index is 1.77. The van der Waals surface area contributed by atoms with Crippen molar-refractivity contribution in [3.63, 3.8) is 0 Å². The van der Waals surface area contributed by atoms with E-state index in [1.54, 1.807) is 7.11 Å². The van der Waals surface area contributed by atoms with E-state index < -0.39 is 0 Å². The highest BCUT2D eigenvalue weighted by Crippen LogP contribution is 2.30. The number of unbranched alkanes of at least 4 members (excludes halogenated alkanes) is 3. The van der Waals surface area contributed by atoms with Gasteiger partial charge in [0.1, 0.15) is 11.6 Å². The second-order valence-electron chi connectivity index (χ2n) is 9.62. The Hall–Kier alpha value is -2.66. The van der Waals surface area contributed by atoms with Crippen molar-refractivity contribution in [2.75, 3.05) is 26.7 Å². The first-order valence-corrected chi connectivity index (χ1v) is 13.0. The minimum atomic E-state index is 0.0648. The summed E-state index contributed by atoms with van der Waals surface area (Å²) in [6, 6.07) is 14.1. The van der Waals surface area contributed by atoms with Gasteiger partial charge in [-0.15, -0.1) is 0 Å². The standard InChI is InChI=1S/C29H39N3O2/c1-4-6-7-8-12-22-16-17-26-25(19-22)29(33)32(21-23-13-11-18-31(5-2)20-23)28(30-26)24-14-9-10-15-27(24)34-3/h9-10,14-17,19,23H,4-8,11-13,18,20-21H2,1-3H3. The lowest BCUT2D eigenvalue weighted by Gasteiger charge is -2.32. The molecule has 182 valence electrons. The van der Waals surface area contributed by atoms with Gasteiger partial charge in [-0.3, -0.25) is 9.36 Å². The summed E-state index contributed by atoms with van der Waals surface area (Å²) in [5, 5.41) is 0.731. The van der Waals surface area contributed by atoms with Crippen LogP contribution in [0.5, 0.6) is 5.75 Å². The number of fused-ring (bicyclic) bond motifs is 1. The van der Waals surface area contributed by atoms with Gasteiger partial charge in [-0.2, -0.15) is 0 Å². The summed E-state index contributed by atoms with van der Waals surface area (Å²) in [5.74, 6) is 1.89. The second kappa shape index (κ2) is 11.7. The number of hydrogen-bond donors (Lipinski definition) is 0. The minimum absolute atomic E-state index is 0.0648. The molecule has 1 unspecified atom stereocenters. The molecule has 5 heteroatoms. The summed E-state index contributed by atoms with van der Waals surface area (Å²) in [6.07, 6.45) is 8.23. The van der Waals surface area contributed by atoms with Gasteiger partial charge in [-0.05, 0) is 74.5 Å². The Morgan fingerprint density at radius 3 is 2.74 bits per heavy atom. The first kappa shape index (κ1) is 24.5. The molecule has 0 bridgehead atoms. The van der Waals surface area contributed by atoms with Gasteiger partial charge in [0.2, 0.25) is 0 Å². The normalized spacial score (nSPS) is 16.7. The van der Waals surface area contributed by atoms with Crippen molar-refractivity contribution in [1.29, 1.82) is 0 Å². The largest absolute Gasteiger partial charge is 0.496 e. The maximum absolute atomic E-state index is 13.9. The zero-order valence-corrected chi connectivity index (χ0v) is 21.1. The number of aryl methyl sites for hydroxylation is 1. The topological polar surface area (TPSA) is 47.4 Å². The highest BCUT2D eigenvalue weighted by atomic mass is 16.5. The average Bonchev–Trinajstić information content (AvgIpc) is 2.88. The van der Waals surface area contributed by atoms with Crippen LogP contribution in [-0.2, 0) is 13.0 Å². The molecule has 0 spiro atoms. The van der Waals surface area contributed by atoms with Crippen LogP contribution >= 0.6 is 0 Å². The summed E-state index contributed by atoms with van der Waals surface area (Å²) in [6.45, 7) is 8.38. The van der Waals surface area contributed by atoms with Crippen molar-refractivity contribution in [3.8, 4) is 17.1 Å². The fraction of sp³-hybridized carbons (Fsp3) is 0.517. The van der Waals surface area contributed by atoms with Gasteiger partial charge in [0.05, 0.1) is 23.6 Å². The average molecular weight is 462 g/mol. The number of benzene rings is 2. The predicted molar refractivity (Wildman–Crippen MR) is 141 cm³/mol. The first-order valence-electron chi connectivity index (χ1n) is 13.0. The monoisotopic (exact) mass is 461 g/mol. The highest BCUT2D eigenvalue weighted by Gasteiger charge is 2.23. The number of methoxy groups -OCH3 is 1. The molecule has 0 saturated carbocycles. The molecule has 2 heterocycles. The van der Waals surface area contributed by atoms with Gasteiger partial charge >= 0.3 is 0 Å². The quantitative estimate of drug-likeness (QED) is 0.351. The van der Waals surface area contributed by atoms with Crippen molar-refractivity contribution < 1.29 is 4.74 Å². The Labute approximate surface area is 203 Å². The Morgan fingerprint density at radius 2 is 1.94 bits per heavy atom. The lowest BCUT2D eigenvalue weighted by molar-refractivity contribution is 0.169. The Kier molecular flexibility index (Phi) is 8.39. The molecule has 1 aliphatic heterocycles. The summed E-state index contributed by atoms with van der Waals surface area (Å²) in [4.78, 5) is 21.5. The maximum Gasteiger partial charge on any atom is 0.261 e. The van der Waals surface area contributed by atoms with Crippen LogP contribution in [0, 0.1) is 5.92 Å². The number of rotatable bonds is 10. The van der Waals surface area contributed by atoms with Crippen LogP contribution in [0.3, 0.4) is 0 Å². The number of nitrogens with zero attached hydrogens (tertiary/aromatic N) is 3. The Morgan fingerprint density at radius 1 is 1.09 bits per heavy atom.